The second kappa shape index (κ2) is 13.6. The maximum absolute atomic E-state index is 13.5. The highest BCUT2D eigenvalue weighted by Crippen LogP contribution is 2.35. The molecule has 0 heterocycles. The number of phenolic OH excluding ortho intramolecular Hbond substituents is 4. The highest BCUT2D eigenvalue weighted by molar-refractivity contribution is 5.99. The Morgan fingerprint density at radius 1 is 0.681 bits per heavy atom. The number of aliphatic hydroxyl groups excluding tert-OH is 1. The molecule has 1 saturated carbocycles. The number of hydrogen-bond donors (Lipinski definition) is 7. The summed E-state index contributed by atoms with van der Waals surface area (Å²) in [5.74, 6) is -4.36. The summed E-state index contributed by atoms with van der Waals surface area (Å²) >= 11 is 0. The Hall–Kier alpha value is -5.85. The van der Waals surface area contributed by atoms with E-state index in [-0.39, 0.29) is 11.5 Å². The number of phenols is 4. The van der Waals surface area contributed by atoms with E-state index in [1.165, 1.54) is 48.6 Å². The van der Waals surface area contributed by atoms with Gasteiger partial charge in [0.25, 0.3) is 5.91 Å². The normalized spacial score (nSPS) is 21.1. The minimum Gasteiger partial charge on any atom is -0.504 e. The van der Waals surface area contributed by atoms with Gasteiger partial charge >= 0.3 is 11.9 Å². The fourth-order valence-corrected chi connectivity index (χ4v) is 5.15. The van der Waals surface area contributed by atoms with Crippen LogP contribution in [0.25, 0.3) is 22.9 Å². The predicted octanol–water partition coefficient (Wildman–Crippen LogP) is 3.74. The van der Waals surface area contributed by atoms with Gasteiger partial charge in [-0.1, -0.05) is 42.5 Å². The fraction of sp³-hybridized carbons (Fsp3) is 0.171. The predicted molar refractivity (Wildman–Crippen MR) is 170 cm³/mol. The van der Waals surface area contributed by atoms with Crippen molar-refractivity contribution in [3.05, 3.63) is 102 Å². The van der Waals surface area contributed by atoms with Crippen LogP contribution in [0.2, 0.25) is 0 Å². The third-order valence-electron chi connectivity index (χ3n) is 7.63. The average molecular weight is 642 g/mol. The smallest absolute Gasteiger partial charge is 0.331 e. The van der Waals surface area contributed by atoms with E-state index in [4.69, 9.17) is 9.47 Å². The lowest BCUT2D eigenvalue weighted by Gasteiger charge is -2.41. The van der Waals surface area contributed by atoms with E-state index >= 15 is 0 Å². The summed E-state index contributed by atoms with van der Waals surface area (Å²) in [6, 6.07) is 20.3. The largest absolute Gasteiger partial charge is 0.504 e. The molecule has 12 heteroatoms. The molecule has 0 radical (unpaired) electrons. The molecule has 5 rings (SSSR count). The van der Waals surface area contributed by atoms with Crippen LogP contribution in [-0.4, -0.2) is 72.4 Å². The van der Waals surface area contributed by atoms with Gasteiger partial charge in [0, 0.05) is 30.7 Å². The van der Waals surface area contributed by atoms with Gasteiger partial charge in [0.1, 0.15) is 18.3 Å². The van der Waals surface area contributed by atoms with Crippen molar-refractivity contribution < 1.29 is 54.5 Å². The first kappa shape index (κ1) is 32.5. The molecule has 12 nitrogen and oxygen atoms in total. The Kier molecular flexibility index (Phi) is 9.45. The highest BCUT2D eigenvalue weighted by atomic mass is 16.6. The van der Waals surface area contributed by atoms with Crippen LogP contribution in [-0.2, 0) is 23.9 Å². The Labute approximate surface area is 268 Å². The van der Waals surface area contributed by atoms with Gasteiger partial charge in [-0.05, 0) is 70.4 Å². The summed E-state index contributed by atoms with van der Waals surface area (Å²) in [5.41, 5.74) is -1.21. The summed E-state index contributed by atoms with van der Waals surface area (Å²) in [6.07, 6.45) is -1.20. The second-order valence-electron chi connectivity index (χ2n) is 11.1. The van der Waals surface area contributed by atoms with Crippen molar-refractivity contribution in [2.75, 3.05) is 5.32 Å². The monoisotopic (exact) mass is 641 g/mol. The SMILES string of the molecule is O=C(C=Cc1ccc(O)c(O)c1)O[C@@H]1C[C@@](O)(C(=O)Nc2ccc3ccccc3c2)C[C@@H](OC(=O)/C=C/c2ccc(O)c(O)c2)[C@H]1O. The zero-order valence-electron chi connectivity index (χ0n) is 24.7. The fourth-order valence-electron chi connectivity index (χ4n) is 5.15. The number of nitrogens with one attached hydrogen (secondary N) is 1. The number of hydrogen-bond acceptors (Lipinski definition) is 11. The minimum atomic E-state index is -2.26. The van der Waals surface area contributed by atoms with Crippen molar-refractivity contribution in [1.82, 2.24) is 0 Å². The molecule has 1 aliphatic rings. The molecule has 0 aromatic heterocycles. The van der Waals surface area contributed by atoms with Crippen molar-refractivity contribution in [2.24, 2.45) is 0 Å². The number of aromatic hydroxyl groups is 4. The third kappa shape index (κ3) is 7.87. The number of carbonyl (C=O) groups excluding carboxylic acids is 3. The molecular weight excluding hydrogens is 610 g/mol. The van der Waals surface area contributed by atoms with Crippen LogP contribution < -0.4 is 5.32 Å². The van der Waals surface area contributed by atoms with Gasteiger partial charge < -0.3 is 45.4 Å². The van der Waals surface area contributed by atoms with E-state index in [1.54, 1.807) is 18.2 Å². The Bertz CT molecular complexity index is 1800. The van der Waals surface area contributed by atoms with Gasteiger partial charge in [-0.15, -0.1) is 0 Å². The van der Waals surface area contributed by atoms with Gasteiger partial charge in [-0.3, -0.25) is 4.79 Å². The third-order valence-corrected chi connectivity index (χ3v) is 7.63. The molecule has 1 aliphatic carbocycles. The number of aliphatic hydroxyl groups is 2. The standard InChI is InChI=1S/C35H31NO11/c37-25-11-5-20(15-27(25)39)7-13-31(41)46-29-18-35(45,34(44)36-24-10-9-22-3-1-2-4-23(22)17-24)19-30(33(29)43)47-32(42)14-8-21-6-12-26(38)28(40)16-21/h1-17,29-30,33,37-40,43,45H,18-19H2,(H,36,44)/b13-7+,14-8?/t29-,30-,33-,35-/m1/s1. The highest BCUT2D eigenvalue weighted by Gasteiger charge is 2.52. The van der Waals surface area contributed by atoms with Gasteiger partial charge in [-0.2, -0.15) is 0 Å². The van der Waals surface area contributed by atoms with Gasteiger partial charge in [0.15, 0.2) is 28.6 Å². The first-order chi connectivity index (χ1) is 22.4. The zero-order valence-corrected chi connectivity index (χ0v) is 24.7. The summed E-state index contributed by atoms with van der Waals surface area (Å²) in [6.45, 7) is 0. The van der Waals surface area contributed by atoms with E-state index in [2.05, 4.69) is 5.32 Å². The molecule has 0 saturated heterocycles. The van der Waals surface area contributed by atoms with Gasteiger partial charge in [0.2, 0.25) is 0 Å². The molecule has 0 spiro atoms. The molecular formula is C35H31NO11. The Balaban J connectivity index is 1.35. The number of anilines is 1. The van der Waals surface area contributed by atoms with Crippen LogP contribution in [0.15, 0.2) is 91.0 Å². The summed E-state index contributed by atoms with van der Waals surface area (Å²) in [5, 5.41) is 65.4. The second-order valence-corrected chi connectivity index (χ2v) is 11.1. The molecule has 0 bridgehead atoms. The molecule has 0 aliphatic heterocycles. The summed E-state index contributed by atoms with van der Waals surface area (Å²) < 4.78 is 10.8. The Morgan fingerprint density at radius 2 is 1.19 bits per heavy atom. The van der Waals surface area contributed by atoms with E-state index in [1.807, 2.05) is 24.3 Å². The maximum atomic E-state index is 13.5. The minimum absolute atomic E-state index is 0.341. The molecule has 4 aromatic rings. The topological polar surface area (TPSA) is 203 Å². The van der Waals surface area contributed by atoms with Crippen LogP contribution >= 0.6 is 0 Å². The first-order valence-electron chi connectivity index (χ1n) is 14.4. The van der Waals surface area contributed by atoms with Crippen LogP contribution in [0.4, 0.5) is 5.69 Å². The first-order valence-corrected chi connectivity index (χ1v) is 14.4. The quantitative estimate of drug-likeness (QED) is 0.0839. The van der Waals surface area contributed by atoms with Crippen LogP contribution in [0.3, 0.4) is 0 Å². The van der Waals surface area contributed by atoms with Crippen molar-refractivity contribution >= 4 is 46.5 Å². The van der Waals surface area contributed by atoms with Crippen LogP contribution in [0.5, 0.6) is 23.0 Å². The van der Waals surface area contributed by atoms with E-state index < -0.39 is 66.1 Å². The number of amides is 1. The average Bonchev–Trinajstić information content (AvgIpc) is 3.04. The molecule has 1 fully saturated rings. The van der Waals surface area contributed by atoms with E-state index in [0.717, 1.165) is 22.9 Å². The zero-order chi connectivity index (χ0) is 33.7. The molecule has 0 unspecified atom stereocenters. The molecule has 4 atom stereocenters. The molecule has 242 valence electrons. The molecule has 7 N–H and O–H groups in total. The molecule has 4 aromatic carbocycles. The van der Waals surface area contributed by atoms with Crippen molar-refractivity contribution in [2.45, 2.75) is 36.8 Å². The lowest BCUT2D eigenvalue weighted by Crippen LogP contribution is -2.59. The molecule has 47 heavy (non-hydrogen) atoms. The number of esters is 2. The van der Waals surface area contributed by atoms with Gasteiger partial charge in [0.05, 0.1) is 0 Å². The van der Waals surface area contributed by atoms with Crippen molar-refractivity contribution in [3.8, 4) is 23.0 Å². The maximum Gasteiger partial charge on any atom is 0.331 e. The lowest BCUT2D eigenvalue weighted by molar-refractivity contribution is -0.194. The van der Waals surface area contributed by atoms with Crippen molar-refractivity contribution in [3.63, 3.8) is 0 Å². The van der Waals surface area contributed by atoms with Crippen molar-refractivity contribution in [1.29, 1.82) is 0 Å². The number of ether oxygens (including phenoxy) is 2. The Morgan fingerprint density at radius 3 is 1.70 bits per heavy atom. The number of rotatable bonds is 8. The number of carbonyl (C=O) groups is 3. The van der Waals surface area contributed by atoms with Gasteiger partial charge in [-0.25, -0.2) is 9.59 Å². The molecule has 1 amide bonds. The summed E-state index contributed by atoms with van der Waals surface area (Å²) in [7, 11) is 0. The van der Waals surface area contributed by atoms with E-state index in [9.17, 15) is 45.0 Å². The van der Waals surface area contributed by atoms with Crippen LogP contribution in [0, 0.1) is 0 Å². The van der Waals surface area contributed by atoms with E-state index in [0.29, 0.717) is 16.8 Å². The number of fused-ring (bicyclic) bond motifs is 1. The van der Waals surface area contributed by atoms with Crippen LogP contribution in [0.1, 0.15) is 24.0 Å². The lowest BCUT2D eigenvalue weighted by atomic mass is 9.78. The summed E-state index contributed by atoms with van der Waals surface area (Å²) in [4.78, 5) is 39.0. The number of benzene rings is 4.